The molecule has 1 amide bonds. The number of ether oxygens (including phenoxy) is 5. The standard InChI is InChI=1S/C33H39NO7/c1-3-38-25-33(36)34-18-19-39-20-21-40-22-23-41-31-16-10-27(11-17-31)6-12-29-13-7-28(24-32(29)37-2)5-4-26-8-14-30(35)15-9-26/h4-17,24,35H,3,18-23,25H2,1-2H3,(H,34,36)/b5-4+,12-6+. The fourth-order valence-corrected chi connectivity index (χ4v) is 3.66. The molecule has 0 fully saturated rings. The van der Waals surface area contributed by atoms with Crippen molar-refractivity contribution in [2.24, 2.45) is 0 Å². The summed E-state index contributed by atoms with van der Waals surface area (Å²) in [6, 6.07) is 21.0. The summed E-state index contributed by atoms with van der Waals surface area (Å²) in [7, 11) is 1.66. The zero-order valence-electron chi connectivity index (χ0n) is 23.7. The molecule has 0 spiro atoms. The quantitative estimate of drug-likeness (QED) is 0.161. The van der Waals surface area contributed by atoms with Gasteiger partial charge in [-0.3, -0.25) is 4.79 Å². The smallest absolute Gasteiger partial charge is 0.246 e. The molecule has 3 aromatic carbocycles. The lowest BCUT2D eigenvalue weighted by atomic mass is 10.1. The molecule has 3 aromatic rings. The first-order chi connectivity index (χ1) is 20.1. The zero-order chi connectivity index (χ0) is 29.1. The highest BCUT2D eigenvalue weighted by Crippen LogP contribution is 2.24. The van der Waals surface area contributed by atoms with E-state index in [1.54, 1.807) is 19.2 Å². The van der Waals surface area contributed by atoms with Crippen molar-refractivity contribution in [1.82, 2.24) is 5.32 Å². The van der Waals surface area contributed by atoms with Gasteiger partial charge in [-0.25, -0.2) is 0 Å². The number of benzene rings is 3. The number of amides is 1. The molecule has 218 valence electrons. The lowest BCUT2D eigenvalue weighted by molar-refractivity contribution is -0.125. The molecule has 8 nitrogen and oxygen atoms in total. The van der Waals surface area contributed by atoms with Crippen LogP contribution in [0.2, 0.25) is 0 Å². The van der Waals surface area contributed by atoms with Crippen LogP contribution >= 0.6 is 0 Å². The van der Waals surface area contributed by atoms with Crippen molar-refractivity contribution >= 4 is 30.2 Å². The van der Waals surface area contributed by atoms with Crippen LogP contribution in [0.1, 0.15) is 29.2 Å². The summed E-state index contributed by atoms with van der Waals surface area (Å²) in [6.07, 6.45) is 8.05. The third-order valence-corrected chi connectivity index (χ3v) is 5.83. The third-order valence-electron chi connectivity index (χ3n) is 5.83. The fraction of sp³-hybridized carbons (Fsp3) is 0.303. The van der Waals surface area contributed by atoms with Crippen LogP contribution in [0, 0.1) is 0 Å². The fourth-order valence-electron chi connectivity index (χ4n) is 3.66. The van der Waals surface area contributed by atoms with Crippen LogP contribution in [0.15, 0.2) is 66.7 Å². The van der Waals surface area contributed by atoms with E-state index in [0.29, 0.717) is 46.2 Å². The molecule has 0 aliphatic carbocycles. The van der Waals surface area contributed by atoms with Crippen molar-refractivity contribution in [3.8, 4) is 17.2 Å². The molecular formula is C33H39NO7. The Morgan fingerprint density at radius 2 is 1.37 bits per heavy atom. The summed E-state index contributed by atoms with van der Waals surface area (Å²) in [5, 5.41) is 12.1. The van der Waals surface area contributed by atoms with E-state index in [-0.39, 0.29) is 18.3 Å². The maximum absolute atomic E-state index is 11.4. The highest BCUT2D eigenvalue weighted by molar-refractivity contribution is 5.77. The average molecular weight is 562 g/mol. The van der Waals surface area contributed by atoms with E-state index >= 15 is 0 Å². The van der Waals surface area contributed by atoms with E-state index in [9.17, 15) is 9.90 Å². The number of methoxy groups -OCH3 is 1. The topological polar surface area (TPSA) is 95.5 Å². The van der Waals surface area contributed by atoms with Crippen LogP contribution in [-0.4, -0.2) is 70.9 Å². The molecule has 41 heavy (non-hydrogen) atoms. The molecule has 0 aliphatic heterocycles. The molecular weight excluding hydrogens is 522 g/mol. The van der Waals surface area contributed by atoms with E-state index in [4.69, 9.17) is 23.7 Å². The molecule has 0 aromatic heterocycles. The maximum Gasteiger partial charge on any atom is 0.246 e. The Balaban J connectivity index is 1.34. The van der Waals surface area contributed by atoms with E-state index in [1.807, 2.05) is 85.8 Å². The molecule has 0 atom stereocenters. The van der Waals surface area contributed by atoms with E-state index in [2.05, 4.69) is 5.32 Å². The average Bonchev–Trinajstić information content (AvgIpc) is 3.00. The van der Waals surface area contributed by atoms with Gasteiger partial charge in [-0.1, -0.05) is 60.7 Å². The molecule has 0 saturated heterocycles. The second kappa shape index (κ2) is 18.3. The Hall–Kier alpha value is -4.11. The minimum atomic E-state index is -0.143. The summed E-state index contributed by atoms with van der Waals surface area (Å²) in [4.78, 5) is 11.4. The highest BCUT2D eigenvalue weighted by Gasteiger charge is 2.02. The third kappa shape index (κ3) is 12.3. The van der Waals surface area contributed by atoms with Gasteiger partial charge >= 0.3 is 0 Å². The van der Waals surface area contributed by atoms with Crippen LogP contribution in [0.25, 0.3) is 24.3 Å². The van der Waals surface area contributed by atoms with Gasteiger partial charge in [-0.15, -0.1) is 0 Å². The van der Waals surface area contributed by atoms with Gasteiger partial charge in [0.1, 0.15) is 30.5 Å². The van der Waals surface area contributed by atoms with Gasteiger partial charge in [0, 0.05) is 18.7 Å². The van der Waals surface area contributed by atoms with Gasteiger partial charge in [0.2, 0.25) is 5.91 Å². The van der Waals surface area contributed by atoms with Crippen molar-refractivity contribution in [1.29, 1.82) is 0 Å². The molecule has 0 heterocycles. The number of carbonyl (C=O) groups is 1. The zero-order valence-corrected chi connectivity index (χ0v) is 23.7. The largest absolute Gasteiger partial charge is 0.508 e. The molecule has 3 rings (SSSR count). The summed E-state index contributed by atoms with van der Waals surface area (Å²) >= 11 is 0. The van der Waals surface area contributed by atoms with Gasteiger partial charge in [0.25, 0.3) is 0 Å². The van der Waals surface area contributed by atoms with Gasteiger partial charge < -0.3 is 34.1 Å². The van der Waals surface area contributed by atoms with Gasteiger partial charge in [0.15, 0.2) is 0 Å². The number of nitrogens with one attached hydrogen (secondary N) is 1. The highest BCUT2D eigenvalue weighted by atomic mass is 16.5. The van der Waals surface area contributed by atoms with Crippen LogP contribution in [0.3, 0.4) is 0 Å². The summed E-state index contributed by atoms with van der Waals surface area (Å²) in [5.74, 6) is 1.66. The number of hydrogen-bond donors (Lipinski definition) is 2. The van der Waals surface area contributed by atoms with Crippen molar-refractivity contribution in [3.63, 3.8) is 0 Å². The predicted molar refractivity (Wildman–Crippen MR) is 162 cm³/mol. The number of hydrogen-bond acceptors (Lipinski definition) is 7. The van der Waals surface area contributed by atoms with Crippen molar-refractivity contribution in [2.75, 3.05) is 59.9 Å². The number of phenolic OH excluding ortho intramolecular Hbond substituents is 1. The molecule has 8 heteroatoms. The molecule has 0 aliphatic rings. The number of rotatable bonds is 18. The van der Waals surface area contributed by atoms with Gasteiger partial charge in [-0.05, 0) is 53.9 Å². The number of aromatic hydroxyl groups is 1. The molecule has 0 radical (unpaired) electrons. The Morgan fingerprint density at radius 1 is 0.756 bits per heavy atom. The molecule has 2 N–H and O–H groups in total. The Kier molecular flexibility index (Phi) is 14.0. The molecule has 0 bridgehead atoms. The monoisotopic (exact) mass is 561 g/mol. The second-order valence-electron chi connectivity index (χ2n) is 8.89. The van der Waals surface area contributed by atoms with E-state index in [0.717, 1.165) is 33.8 Å². The molecule has 0 unspecified atom stereocenters. The van der Waals surface area contributed by atoms with Crippen molar-refractivity contribution < 1.29 is 33.6 Å². The minimum Gasteiger partial charge on any atom is -0.508 e. The number of phenols is 1. The SMILES string of the molecule is CCOCC(=O)NCCOCCOCCOc1ccc(/C=C/c2ccc(/C=C/c3ccc(O)cc3)cc2OC)cc1. The molecule has 0 saturated carbocycles. The van der Waals surface area contributed by atoms with Crippen LogP contribution < -0.4 is 14.8 Å². The predicted octanol–water partition coefficient (Wildman–Crippen LogP) is 5.31. The first kappa shape index (κ1) is 31.4. The van der Waals surface area contributed by atoms with Gasteiger partial charge in [0.05, 0.1) is 33.5 Å². The normalized spacial score (nSPS) is 11.3. The first-order valence-corrected chi connectivity index (χ1v) is 13.6. The lowest BCUT2D eigenvalue weighted by Gasteiger charge is -2.09. The van der Waals surface area contributed by atoms with Crippen LogP contribution in [-0.2, 0) is 19.0 Å². The summed E-state index contributed by atoms with van der Waals surface area (Å²) in [5.41, 5.74) is 4.04. The van der Waals surface area contributed by atoms with E-state index < -0.39 is 0 Å². The Morgan fingerprint density at radius 3 is 2.07 bits per heavy atom. The van der Waals surface area contributed by atoms with Crippen molar-refractivity contribution in [2.45, 2.75) is 6.92 Å². The van der Waals surface area contributed by atoms with Crippen LogP contribution in [0.4, 0.5) is 0 Å². The van der Waals surface area contributed by atoms with Gasteiger partial charge in [-0.2, -0.15) is 0 Å². The Labute approximate surface area is 242 Å². The summed E-state index contributed by atoms with van der Waals surface area (Å²) in [6.45, 7) is 5.11. The minimum absolute atomic E-state index is 0.0755. The number of carbonyl (C=O) groups excluding carboxylic acids is 1. The van der Waals surface area contributed by atoms with E-state index in [1.165, 1.54) is 0 Å². The Bertz CT molecular complexity index is 1240. The van der Waals surface area contributed by atoms with Crippen LogP contribution in [0.5, 0.6) is 17.2 Å². The summed E-state index contributed by atoms with van der Waals surface area (Å²) < 4.78 is 27.3. The maximum atomic E-state index is 11.4. The lowest BCUT2D eigenvalue weighted by Crippen LogP contribution is -2.30. The second-order valence-corrected chi connectivity index (χ2v) is 8.89. The first-order valence-electron chi connectivity index (χ1n) is 13.6. The van der Waals surface area contributed by atoms with Crippen molar-refractivity contribution in [3.05, 3.63) is 89.0 Å².